The van der Waals surface area contributed by atoms with Crippen LogP contribution in [0, 0.1) is 0 Å². The van der Waals surface area contributed by atoms with Gasteiger partial charge in [0.2, 0.25) is 5.89 Å². The van der Waals surface area contributed by atoms with Crippen LogP contribution in [0.1, 0.15) is 23.5 Å². The maximum absolute atomic E-state index is 11.6. The SMILES string of the molecule is O=C(NC1CC1)c1nnc(-c2ccccc2)o1. The maximum atomic E-state index is 11.6. The van der Waals surface area contributed by atoms with Gasteiger partial charge in [-0.2, -0.15) is 0 Å². The van der Waals surface area contributed by atoms with Crippen LogP contribution in [0.5, 0.6) is 0 Å². The molecule has 0 saturated heterocycles. The van der Waals surface area contributed by atoms with Gasteiger partial charge in [0, 0.05) is 11.6 Å². The molecule has 0 aliphatic heterocycles. The lowest BCUT2D eigenvalue weighted by Crippen LogP contribution is -2.25. The zero-order chi connectivity index (χ0) is 11.7. The Morgan fingerprint density at radius 3 is 2.71 bits per heavy atom. The number of rotatable bonds is 3. The summed E-state index contributed by atoms with van der Waals surface area (Å²) in [4.78, 5) is 11.6. The molecule has 1 saturated carbocycles. The Labute approximate surface area is 97.9 Å². The van der Waals surface area contributed by atoms with E-state index in [2.05, 4.69) is 15.5 Å². The summed E-state index contributed by atoms with van der Waals surface area (Å²) in [5, 5.41) is 10.4. The third-order valence-corrected chi connectivity index (χ3v) is 2.55. The number of hydrogen-bond acceptors (Lipinski definition) is 4. The van der Waals surface area contributed by atoms with Crippen LogP contribution in [0.3, 0.4) is 0 Å². The minimum atomic E-state index is -0.290. The third kappa shape index (κ3) is 2.18. The number of hydrogen-bond donors (Lipinski definition) is 1. The van der Waals surface area contributed by atoms with Crippen LogP contribution in [0.15, 0.2) is 34.7 Å². The number of carbonyl (C=O) groups excluding carboxylic acids is 1. The van der Waals surface area contributed by atoms with Gasteiger partial charge in [0.05, 0.1) is 0 Å². The highest BCUT2D eigenvalue weighted by molar-refractivity contribution is 5.90. The first kappa shape index (κ1) is 10.0. The lowest BCUT2D eigenvalue weighted by atomic mass is 10.2. The first-order valence-corrected chi connectivity index (χ1v) is 5.53. The van der Waals surface area contributed by atoms with E-state index in [4.69, 9.17) is 4.42 Å². The lowest BCUT2D eigenvalue weighted by molar-refractivity contribution is 0.0917. The Morgan fingerprint density at radius 2 is 2.00 bits per heavy atom. The van der Waals surface area contributed by atoms with Crippen molar-refractivity contribution in [2.24, 2.45) is 0 Å². The fourth-order valence-electron chi connectivity index (χ4n) is 1.49. The van der Waals surface area contributed by atoms with Gasteiger partial charge in [-0.15, -0.1) is 10.2 Å². The molecule has 0 spiro atoms. The van der Waals surface area contributed by atoms with Crippen molar-refractivity contribution in [2.45, 2.75) is 18.9 Å². The molecule has 3 rings (SSSR count). The van der Waals surface area contributed by atoms with E-state index in [0.29, 0.717) is 5.89 Å². The summed E-state index contributed by atoms with van der Waals surface area (Å²) in [6, 6.07) is 9.66. The monoisotopic (exact) mass is 229 g/mol. The van der Waals surface area contributed by atoms with Gasteiger partial charge < -0.3 is 9.73 Å². The van der Waals surface area contributed by atoms with Gasteiger partial charge in [0.25, 0.3) is 0 Å². The second-order valence-corrected chi connectivity index (χ2v) is 4.03. The normalized spacial score (nSPS) is 14.6. The van der Waals surface area contributed by atoms with Gasteiger partial charge in [0.15, 0.2) is 0 Å². The van der Waals surface area contributed by atoms with E-state index in [1.54, 1.807) is 0 Å². The smallest absolute Gasteiger partial charge is 0.309 e. The molecule has 86 valence electrons. The fourth-order valence-corrected chi connectivity index (χ4v) is 1.49. The minimum Gasteiger partial charge on any atom is -0.412 e. The number of carbonyl (C=O) groups is 1. The van der Waals surface area contributed by atoms with Gasteiger partial charge >= 0.3 is 11.8 Å². The molecule has 1 N–H and O–H groups in total. The Morgan fingerprint density at radius 1 is 1.24 bits per heavy atom. The number of benzene rings is 1. The highest BCUT2D eigenvalue weighted by atomic mass is 16.4. The molecule has 1 amide bonds. The average molecular weight is 229 g/mol. The minimum absolute atomic E-state index is 0.0238. The first-order chi connectivity index (χ1) is 8.33. The molecule has 17 heavy (non-hydrogen) atoms. The van der Waals surface area contributed by atoms with Crippen molar-refractivity contribution >= 4 is 5.91 Å². The molecule has 1 heterocycles. The van der Waals surface area contributed by atoms with E-state index < -0.39 is 0 Å². The van der Waals surface area contributed by atoms with Gasteiger partial charge in [0.1, 0.15) is 0 Å². The molecule has 0 radical (unpaired) electrons. The number of nitrogens with zero attached hydrogens (tertiary/aromatic N) is 2. The molecule has 1 aliphatic rings. The van der Waals surface area contributed by atoms with Crippen molar-refractivity contribution in [3.63, 3.8) is 0 Å². The molecule has 5 nitrogen and oxygen atoms in total. The Bertz CT molecular complexity index is 532. The quantitative estimate of drug-likeness (QED) is 0.868. The van der Waals surface area contributed by atoms with E-state index >= 15 is 0 Å². The lowest BCUT2D eigenvalue weighted by Gasteiger charge is -1.96. The first-order valence-electron chi connectivity index (χ1n) is 5.53. The van der Waals surface area contributed by atoms with E-state index in [-0.39, 0.29) is 17.8 Å². The molecule has 1 aliphatic carbocycles. The molecule has 1 aromatic heterocycles. The predicted molar refractivity (Wildman–Crippen MR) is 60.2 cm³/mol. The van der Waals surface area contributed by atoms with Crippen molar-refractivity contribution in [1.29, 1.82) is 0 Å². The van der Waals surface area contributed by atoms with Crippen molar-refractivity contribution in [3.05, 3.63) is 36.2 Å². The second kappa shape index (κ2) is 4.01. The van der Waals surface area contributed by atoms with Crippen LogP contribution in [0.2, 0.25) is 0 Å². The summed E-state index contributed by atoms with van der Waals surface area (Å²) in [6.07, 6.45) is 2.07. The Hall–Kier alpha value is -2.17. The van der Waals surface area contributed by atoms with Gasteiger partial charge in [-0.25, -0.2) is 0 Å². The second-order valence-electron chi connectivity index (χ2n) is 4.03. The molecular formula is C12H11N3O2. The van der Waals surface area contributed by atoms with Crippen LogP contribution < -0.4 is 5.32 Å². The Balaban J connectivity index is 1.80. The molecule has 0 unspecified atom stereocenters. The average Bonchev–Trinajstić information content (AvgIpc) is 3.04. The van der Waals surface area contributed by atoms with Crippen molar-refractivity contribution in [2.75, 3.05) is 0 Å². The molecule has 1 aromatic carbocycles. The molecule has 5 heteroatoms. The van der Waals surface area contributed by atoms with Gasteiger partial charge in [-0.3, -0.25) is 4.79 Å². The van der Waals surface area contributed by atoms with E-state index in [9.17, 15) is 4.79 Å². The third-order valence-electron chi connectivity index (χ3n) is 2.55. The van der Waals surface area contributed by atoms with Crippen molar-refractivity contribution in [3.8, 4) is 11.5 Å². The summed E-state index contributed by atoms with van der Waals surface area (Å²) in [7, 11) is 0. The summed E-state index contributed by atoms with van der Waals surface area (Å²) >= 11 is 0. The summed E-state index contributed by atoms with van der Waals surface area (Å²) in [5.74, 6) is 0.101. The largest absolute Gasteiger partial charge is 0.412 e. The predicted octanol–water partition coefficient (Wildman–Crippen LogP) is 1.63. The number of nitrogens with one attached hydrogen (secondary N) is 1. The molecule has 1 fully saturated rings. The number of aromatic nitrogens is 2. The van der Waals surface area contributed by atoms with Crippen LogP contribution >= 0.6 is 0 Å². The Kier molecular flexibility index (Phi) is 2.36. The van der Waals surface area contributed by atoms with Crippen LogP contribution in [-0.2, 0) is 0 Å². The molecule has 2 aromatic rings. The summed E-state index contributed by atoms with van der Waals surface area (Å²) in [5.41, 5.74) is 0.811. The summed E-state index contributed by atoms with van der Waals surface area (Å²) < 4.78 is 5.33. The highest BCUT2D eigenvalue weighted by Crippen LogP contribution is 2.20. The summed E-state index contributed by atoms with van der Waals surface area (Å²) in [6.45, 7) is 0. The van der Waals surface area contributed by atoms with Crippen LogP contribution in [0.25, 0.3) is 11.5 Å². The van der Waals surface area contributed by atoms with Gasteiger partial charge in [-0.1, -0.05) is 18.2 Å². The molecule has 0 bridgehead atoms. The highest BCUT2D eigenvalue weighted by Gasteiger charge is 2.26. The topological polar surface area (TPSA) is 68.0 Å². The number of amides is 1. The van der Waals surface area contributed by atoms with Crippen LogP contribution in [0.4, 0.5) is 0 Å². The zero-order valence-electron chi connectivity index (χ0n) is 9.09. The van der Waals surface area contributed by atoms with E-state index in [1.807, 2.05) is 30.3 Å². The molecule has 0 atom stereocenters. The standard InChI is InChI=1S/C12H11N3O2/c16-10(13-9-6-7-9)12-15-14-11(17-12)8-4-2-1-3-5-8/h1-5,9H,6-7H2,(H,13,16). The van der Waals surface area contributed by atoms with Crippen molar-refractivity contribution in [1.82, 2.24) is 15.5 Å². The molecular weight excluding hydrogens is 218 g/mol. The van der Waals surface area contributed by atoms with E-state index in [1.165, 1.54) is 0 Å². The zero-order valence-corrected chi connectivity index (χ0v) is 9.09. The van der Waals surface area contributed by atoms with E-state index in [0.717, 1.165) is 18.4 Å². The maximum Gasteiger partial charge on any atom is 0.309 e. The van der Waals surface area contributed by atoms with Crippen molar-refractivity contribution < 1.29 is 9.21 Å². The fraction of sp³-hybridized carbons (Fsp3) is 0.250. The van der Waals surface area contributed by atoms with Gasteiger partial charge in [-0.05, 0) is 25.0 Å². The van der Waals surface area contributed by atoms with Crippen LogP contribution in [-0.4, -0.2) is 22.1 Å².